The Bertz CT molecular complexity index is 815. The van der Waals surface area contributed by atoms with Crippen molar-refractivity contribution in [1.82, 2.24) is 0 Å². The van der Waals surface area contributed by atoms with Gasteiger partial charge < -0.3 is 19.5 Å². The molecule has 0 spiro atoms. The summed E-state index contributed by atoms with van der Waals surface area (Å²) >= 11 is 0. The van der Waals surface area contributed by atoms with Crippen molar-refractivity contribution in [3.05, 3.63) is 52.6 Å². The number of aryl methyl sites for hydroxylation is 4. The summed E-state index contributed by atoms with van der Waals surface area (Å²) in [5, 5.41) is 2.82. The SMILES string of the molecule is COc1cc(CCC(=O)OCC(=O)Nc2c(C)cc(C)cc2C)cc(OC)c1. The molecule has 0 unspecified atom stereocenters. The number of carbonyl (C=O) groups excluding carboxylic acids is 2. The maximum absolute atomic E-state index is 12.1. The van der Waals surface area contributed by atoms with Gasteiger partial charge in [0.05, 0.1) is 14.2 Å². The number of rotatable bonds is 8. The van der Waals surface area contributed by atoms with Crippen molar-refractivity contribution in [2.45, 2.75) is 33.6 Å². The highest BCUT2D eigenvalue weighted by Gasteiger charge is 2.12. The molecule has 6 heteroatoms. The van der Waals surface area contributed by atoms with E-state index in [0.29, 0.717) is 17.9 Å². The Kier molecular flexibility index (Phi) is 7.44. The van der Waals surface area contributed by atoms with E-state index in [1.807, 2.05) is 45.0 Å². The first-order valence-corrected chi connectivity index (χ1v) is 9.07. The molecule has 0 radical (unpaired) electrons. The second-order valence-electron chi connectivity index (χ2n) is 6.70. The zero-order chi connectivity index (χ0) is 20.7. The second-order valence-corrected chi connectivity index (χ2v) is 6.70. The van der Waals surface area contributed by atoms with Crippen LogP contribution in [0.5, 0.6) is 11.5 Å². The van der Waals surface area contributed by atoms with E-state index in [0.717, 1.165) is 27.9 Å². The average Bonchev–Trinajstić information content (AvgIpc) is 2.67. The van der Waals surface area contributed by atoms with E-state index < -0.39 is 5.97 Å². The average molecular weight is 385 g/mol. The Morgan fingerprint density at radius 2 is 1.46 bits per heavy atom. The lowest BCUT2D eigenvalue weighted by Gasteiger charge is -2.13. The predicted octanol–water partition coefficient (Wildman–Crippen LogP) is 3.74. The molecule has 0 atom stereocenters. The minimum atomic E-state index is -0.436. The molecule has 2 aromatic rings. The van der Waals surface area contributed by atoms with Gasteiger partial charge in [0.1, 0.15) is 11.5 Å². The van der Waals surface area contributed by atoms with Crippen LogP contribution in [0.15, 0.2) is 30.3 Å². The summed E-state index contributed by atoms with van der Waals surface area (Å²) in [4.78, 5) is 24.1. The number of hydrogen-bond acceptors (Lipinski definition) is 5. The van der Waals surface area contributed by atoms with Crippen LogP contribution >= 0.6 is 0 Å². The fraction of sp³-hybridized carbons (Fsp3) is 0.364. The van der Waals surface area contributed by atoms with Gasteiger partial charge in [-0.05, 0) is 56.0 Å². The molecule has 6 nitrogen and oxygen atoms in total. The largest absolute Gasteiger partial charge is 0.497 e. The maximum Gasteiger partial charge on any atom is 0.306 e. The van der Waals surface area contributed by atoms with Gasteiger partial charge in [-0.3, -0.25) is 9.59 Å². The van der Waals surface area contributed by atoms with Crippen LogP contribution < -0.4 is 14.8 Å². The lowest BCUT2D eigenvalue weighted by atomic mass is 10.1. The van der Waals surface area contributed by atoms with E-state index in [1.165, 1.54) is 0 Å². The minimum absolute atomic E-state index is 0.159. The molecule has 0 aliphatic heterocycles. The molecule has 0 fully saturated rings. The lowest BCUT2D eigenvalue weighted by Crippen LogP contribution is -2.22. The first-order chi connectivity index (χ1) is 13.3. The fourth-order valence-corrected chi connectivity index (χ4v) is 3.03. The predicted molar refractivity (Wildman–Crippen MR) is 108 cm³/mol. The minimum Gasteiger partial charge on any atom is -0.497 e. The van der Waals surface area contributed by atoms with Crippen molar-refractivity contribution in [2.24, 2.45) is 0 Å². The summed E-state index contributed by atoms with van der Waals surface area (Å²) in [5.74, 6) is 0.526. The van der Waals surface area contributed by atoms with Crippen molar-refractivity contribution in [1.29, 1.82) is 0 Å². The summed E-state index contributed by atoms with van der Waals surface area (Å²) in [6.07, 6.45) is 0.621. The van der Waals surface area contributed by atoms with Crippen molar-refractivity contribution in [2.75, 3.05) is 26.1 Å². The summed E-state index contributed by atoms with van der Waals surface area (Å²) in [7, 11) is 3.14. The van der Waals surface area contributed by atoms with Gasteiger partial charge in [-0.2, -0.15) is 0 Å². The van der Waals surface area contributed by atoms with E-state index in [1.54, 1.807) is 20.3 Å². The molecule has 2 aromatic carbocycles. The monoisotopic (exact) mass is 385 g/mol. The Balaban J connectivity index is 1.85. The standard InChI is InChI=1S/C22H27NO5/c1-14-8-15(2)22(16(3)9-14)23-20(24)13-28-21(25)7-6-17-10-18(26-4)12-19(11-17)27-5/h8-12H,6-7,13H2,1-5H3,(H,23,24). The molecule has 0 saturated carbocycles. The second kappa shape index (κ2) is 9.78. The van der Waals surface area contributed by atoms with Crippen LogP contribution in [0, 0.1) is 20.8 Å². The molecule has 0 heterocycles. The normalized spacial score (nSPS) is 10.3. The molecule has 0 saturated heterocycles. The highest BCUT2D eigenvalue weighted by molar-refractivity contribution is 5.94. The van der Waals surface area contributed by atoms with Crippen molar-refractivity contribution in [3.8, 4) is 11.5 Å². The van der Waals surface area contributed by atoms with E-state index in [9.17, 15) is 9.59 Å². The van der Waals surface area contributed by atoms with Gasteiger partial charge in [-0.25, -0.2) is 0 Å². The quantitative estimate of drug-likeness (QED) is 0.701. The number of benzene rings is 2. The van der Waals surface area contributed by atoms with Gasteiger partial charge in [0.25, 0.3) is 5.91 Å². The number of esters is 1. The number of anilines is 1. The zero-order valence-corrected chi connectivity index (χ0v) is 17.0. The lowest BCUT2D eigenvalue weighted by molar-refractivity contribution is -0.147. The third-order valence-electron chi connectivity index (χ3n) is 4.33. The fourth-order valence-electron chi connectivity index (χ4n) is 3.03. The number of nitrogens with one attached hydrogen (secondary N) is 1. The molecule has 0 bridgehead atoms. The number of ether oxygens (including phenoxy) is 3. The molecule has 1 amide bonds. The van der Waals surface area contributed by atoms with Crippen LogP contribution in [0.25, 0.3) is 0 Å². The van der Waals surface area contributed by atoms with Crippen LogP contribution in [-0.2, 0) is 20.7 Å². The van der Waals surface area contributed by atoms with Crippen LogP contribution in [0.3, 0.4) is 0 Å². The molecule has 2 rings (SSSR count). The molecular formula is C22H27NO5. The number of hydrogen-bond donors (Lipinski definition) is 1. The Labute approximate surface area is 165 Å². The van der Waals surface area contributed by atoms with Gasteiger partial charge >= 0.3 is 5.97 Å². The van der Waals surface area contributed by atoms with Crippen LogP contribution in [0.4, 0.5) is 5.69 Å². The van der Waals surface area contributed by atoms with Gasteiger partial charge in [-0.15, -0.1) is 0 Å². The number of methoxy groups -OCH3 is 2. The highest BCUT2D eigenvalue weighted by Crippen LogP contribution is 2.24. The Morgan fingerprint density at radius 3 is 2.00 bits per heavy atom. The topological polar surface area (TPSA) is 73.9 Å². The van der Waals surface area contributed by atoms with Gasteiger partial charge in [-0.1, -0.05) is 17.7 Å². The van der Waals surface area contributed by atoms with Gasteiger partial charge in [0.2, 0.25) is 0 Å². The van der Waals surface area contributed by atoms with Crippen LogP contribution in [0.2, 0.25) is 0 Å². The first kappa shape index (κ1) is 21.3. The molecule has 150 valence electrons. The molecule has 0 aromatic heterocycles. The summed E-state index contributed by atoms with van der Waals surface area (Å²) in [5.41, 5.74) is 4.74. The smallest absolute Gasteiger partial charge is 0.306 e. The van der Waals surface area contributed by atoms with Crippen molar-refractivity contribution in [3.63, 3.8) is 0 Å². The van der Waals surface area contributed by atoms with Crippen LogP contribution in [0.1, 0.15) is 28.7 Å². The Morgan fingerprint density at radius 1 is 0.893 bits per heavy atom. The molecule has 1 N–H and O–H groups in total. The van der Waals surface area contributed by atoms with Gasteiger partial charge in [0.15, 0.2) is 6.61 Å². The summed E-state index contributed by atoms with van der Waals surface area (Å²) in [6, 6.07) is 9.44. The van der Waals surface area contributed by atoms with Crippen molar-refractivity contribution >= 4 is 17.6 Å². The summed E-state index contributed by atoms with van der Waals surface area (Å²) in [6.45, 7) is 5.56. The van der Waals surface area contributed by atoms with E-state index in [2.05, 4.69) is 5.32 Å². The van der Waals surface area contributed by atoms with Crippen molar-refractivity contribution < 1.29 is 23.8 Å². The van der Waals surface area contributed by atoms with E-state index in [4.69, 9.17) is 14.2 Å². The molecule has 0 aliphatic carbocycles. The molecule has 28 heavy (non-hydrogen) atoms. The van der Waals surface area contributed by atoms with Gasteiger partial charge in [0, 0.05) is 18.2 Å². The Hall–Kier alpha value is -3.02. The summed E-state index contributed by atoms with van der Waals surface area (Å²) < 4.78 is 15.5. The molecular weight excluding hydrogens is 358 g/mol. The van der Waals surface area contributed by atoms with Crippen LogP contribution in [-0.4, -0.2) is 32.7 Å². The number of carbonyl (C=O) groups is 2. The maximum atomic E-state index is 12.1. The number of amides is 1. The third-order valence-corrected chi connectivity index (χ3v) is 4.33. The third kappa shape index (κ3) is 6.01. The zero-order valence-electron chi connectivity index (χ0n) is 17.0. The van der Waals surface area contributed by atoms with E-state index >= 15 is 0 Å². The first-order valence-electron chi connectivity index (χ1n) is 9.07. The van der Waals surface area contributed by atoms with E-state index in [-0.39, 0.29) is 18.9 Å². The highest BCUT2D eigenvalue weighted by atomic mass is 16.5. The molecule has 0 aliphatic rings.